The number of hydrogen-bond donors (Lipinski definition) is 4. The van der Waals surface area contributed by atoms with Crippen molar-refractivity contribution in [2.45, 2.75) is 26.5 Å². The maximum atomic E-state index is 12.5. The van der Waals surface area contributed by atoms with E-state index < -0.39 is 17.6 Å². The Morgan fingerprint density at radius 3 is 2.97 bits per heavy atom. The Morgan fingerprint density at radius 1 is 1.41 bits per heavy atom. The molecule has 3 aromatic rings. The number of aliphatic hydroxyl groups excluding tert-OH is 1. The zero-order valence-electron chi connectivity index (χ0n) is 15.7. The molecule has 1 aliphatic heterocycles. The minimum atomic E-state index is -0.723. The normalized spacial score (nSPS) is 14.1. The maximum Gasteiger partial charge on any atom is 0.287 e. The van der Waals surface area contributed by atoms with Gasteiger partial charge in [0.25, 0.3) is 17.4 Å². The van der Waals surface area contributed by atoms with Crippen LogP contribution in [0.5, 0.6) is 5.75 Å². The van der Waals surface area contributed by atoms with Gasteiger partial charge in [-0.25, -0.2) is 4.98 Å². The second-order valence-electron chi connectivity index (χ2n) is 6.71. The molecule has 3 heterocycles. The average molecular weight is 414 g/mol. The number of nitrogens with one attached hydrogen (secondary N) is 3. The minimum absolute atomic E-state index is 0.0242. The molecule has 1 atom stereocenters. The second-order valence-corrected chi connectivity index (χ2v) is 7.74. The highest BCUT2D eigenvalue weighted by Gasteiger charge is 2.20. The molecule has 0 aliphatic carbocycles. The van der Waals surface area contributed by atoms with Crippen LogP contribution in [0, 0.1) is 6.92 Å². The Bertz CT molecular complexity index is 1200. The molecule has 0 fully saturated rings. The van der Waals surface area contributed by atoms with E-state index >= 15 is 0 Å². The largest absolute Gasteiger partial charge is 0.482 e. The first kappa shape index (κ1) is 19.1. The van der Waals surface area contributed by atoms with Crippen LogP contribution in [0.2, 0.25) is 0 Å². The van der Waals surface area contributed by atoms with Gasteiger partial charge in [0.05, 0.1) is 17.2 Å². The average Bonchev–Trinajstić information content (AvgIpc) is 3.03. The minimum Gasteiger partial charge on any atom is -0.482 e. The summed E-state index contributed by atoms with van der Waals surface area (Å²) in [6.07, 6.45) is -0.723. The van der Waals surface area contributed by atoms with Crippen LogP contribution in [0.15, 0.2) is 23.0 Å². The molecule has 1 aromatic carbocycles. The van der Waals surface area contributed by atoms with Crippen LogP contribution in [-0.4, -0.2) is 33.5 Å². The SMILES string of the molecule is Cc1c(C(C)O)sc2nc(C(=O)NCc3ccc4c(c3)NC(=O)CO4)[nH]c(=O)c12. The number of nitrogens with zero attached hydrogens (tertiary/aromatic N) is 1. The highest BCUT2D eigenvalue weighted by molar-refractivity contribution is 7.18. The van der Waals surface area contributed by atoms with Gasteiger partial charge >= 0.3 is 0 Å². The Kier molecular flexibility index (Phi) is 4.81. The Morgan fingerprint density at radius 2 is 2.21 bits per heavy atom. The quantitative estimate of drug-likeness (QED) is 0.513. The van der Waals surface area contributed by atoms with Crippen molar-refractivity contribution in [2.75, 3.05) is 11.9 Å². The number of aromatic nitrogens is 2. The van der Waals surface area contributed by atoms with E-state index in [9.17, 15) is 19.5 Å². The van der Waals surface area contributed by atoms with Crippen molar-refractivity contribution in [1.82, 2.24) is 15.3 Å². The number of ether oxygens (including phenoxy) is 1. The number of aryl methyl sites for hydroxylation is 1. The van der Waals surface area contributed by atoms with Gasteiger partial charge in [-0.05, 0) is 37.1 Å². The van der Waals surface area contributed by atoms with Crippen molar-refractivity contribution >= 4 is 39.1 Å². The lowest BCUT2D eigenvalue weighted by Crippen LogP contribution is -2.28. The fourth-order valence-corrected chi connectivity index (χ4v) is 4.29. The van der Waals surface area contributed by atoms with Gasteiger partial charge in [-0.15, -0.1) is 11.3 Å². The molecule has 0 bridgehead atoms. The number of anilines is 1. The van der Waals surface area contributed by atoms with Crippen LogP contribution in [-0.2, 0) is 11.3 Å². The number of benzene rings is 1. The third kappa shape index (κ3) is 3.59. The first-order valence-electron chi connectivity index (χ1n) is 8.88. The predicted molar refractivity (Wildman–Crippen MR) is 107 cm³/mol. The van der Waals surface area contributed by atoms with Crippen molar-refractivity contribution in [1.29, 1.82) is 0 Å². The van der Waals surface area contributed by atoms with Gasteiger partial charge in [-0.3, -0.25) is 14.4 Å². The number of H-pyrrole nitrogens is 1. The lowest BCUT2D eigenvalue weighted by atomic mass is 10.1. The van der Waals surface area contributed by atoms with Gasteiger partial charge in [0.15, 0.2) is 6.61 Å². The highest BCUT2D eigenvalue weighted by atomic mass is 32.1. The topological polar surface area (TPSA) is 133 Å². The summed E-state index contributed by atoms with van der Waals surface area (Å²) in [6, 6.07) is 5.20. The van der Waals surface area contributed by atoms with Crippen molar-refractivity contribution < 1.29 is 19.4 Å². The summed E-state index contributed by atoms with van der Waals surface area (Å²) in [6.45, 7) is 3.51. The molecule has 1 unspecified atom stereocenters. The molecule has 4 N–H and O–H groups in total. The molecule has 2 amide bonds. The van der Waals surface area contributed by atoms with E-state index in [0.29, 0.717) is 32.1 Å². The van der Waals surface area contributed by atoms with E-state index in [1.807, 2.05) is 0 Å². The lowest BCUT2D eigenvalue weighted by molar-refractivity contribution is -0.118. The van der Waals surface area contributed by atoms with Crippen LogP contribution in [0.1, 0.15) is 39.7 Å². The number of carbonyl (C=O) groups excluding carboxylic acids is 2. The summed E-state index contributed by atoms with van der Waals surface area (Å²) in [7, 11) is 0. The third-order valence-corrected chi connectivity index (χ3v) is 5.92. The molecular weight excluding hydrogens is 396 g/mol. The number of rotatable bonds is 4. The first-order valence-corrected chi connectivity index (χ1v) is 9.70. The van der Waals surface area contributed by atoms with Crippen molar-refractivity contribution in [3.8, 4) is 5.75 Å². The summed E-state index contributed by atoms with van der Waals surface area (Å²) in [5, 5.41) is 15.6. The zero-order chi connectivity index (χ0) is 20.7. The Balaban J connectivity index is 1.54. The van der Waals surface area contributed by atoms with E-state index in [0.717, 1.165) is 5.56 Å². The van der Waals surface area contributed by atoms with Crippen LogP contribution in [0.3, 0.4) is 0 Å². The van der Waals surface area contributed by atoms with E-state index in [-0.39, 0.29) is 24.9 Å². The van der Waals surface area contributed by atoms with Gasteiger partial charge < -0.3 is 25.5 Å². The van der Waals surface area contributed by atoms with Gasteiger partial charge in [-0.2, -0.15) is 0 Å². The maximum absolute atomic E-state index is 12.5. The molecule has 2 aromatic heterocycles. The summed E-state index contributed by atoms with van der Waals surface area (Å²) >= 11 is 1.19. The molecule has 150 valence electrons. The second kappa shape index (κ2) is 7.30. The van der Waals surface area contributed by atoms with E-state index in [1.54, 1.807) is 32.0 Å². The van der Waals surface area contributed by atoms with E-state index in [2.05, 4.69) is 20.6 Å². The molecule has 10 heteroatoms. The third-order valence-electron chi connectivity index (χ3n) is 4.56. The number of thiophene rings is 1. The summed E-state index contributed by atoms with van der Waals surface area (Å²) in [4.78, 5) is 44.2. The number of carbonyl (C=O) groups is 2. The number of amides is 2. The smallest absolute Gasteiger partial charge is 0.287 e. The number of fused-ring (bicyclic) bond motifs is 2. The van der Waals surface area contributed by atoms with Crippen molar-refractivity contribution in [3.05, 3.63) is 50.4 Å². The number of hydrogen-bond acceptors (Lipinski definition) is 7. The molecule has 1 aliphatic rings. The first-order chi connectivity index (χ1) is 13.8. The lowest BCUT2D eigenvalue weighted by Gasteiger charge is -2.18. The summed E-state index contributed by atoms with van der Waals surface area (Å²) < 4.78 is 5.30. The van der Waals surface area contributed by atoms with Crippen LogP contribution in [0.4, 0.5) is 5.69 Å². The van der Waals surface area contributed by atoms with Crippen molar-refractivity contribution in [3.63, 3.8) is 0 Å². The predicted octanol–water partition coefficient (Wildman–Crippen LogP) is 1.61. The van der Waals surface area contributed by atoms with Crippen LogP contribution >= 0.6 is 11.3 Å². The van der Waals surface area contributed by atoms with Crippen LogP contribution < -0.4 is 20.9 Å². The monoisotopic (exact) mass is 414 g/mol. The van der Waals surface area contributed by atoms with Gasteiger partial charge in [0.2, 0.25) is 5.82 Å². The number of aromatic amines is 1. The summed E-state index contributed by atoms with van der Waals surface area (Å²) in [5.41, 5.74) is 1.53. The van der Waals surface area contributed by atoms with Crippen LogP contribution in [0.25, 0.3) is 10.2 Å². The van der Waals surface area contributed by atoms with Crippen molar-refractivity contribution in [2.24, 2.45) is 0 Å². The van der Waals surface area contributed by atoms with Gasteiger partial charge in [-0.1, -0.05) is 6.07 Å². The molecule has 4 rings (SSSR count). The van der Waals surface area contributed by atoms with E-state index in [4.69, 9.17) is 4.74 Å². The molecular formula is C19H18N4O5S. The molecule has 29 heavy (non-hydrogen) atoms. The molecule has 0 saturated heterocycles. The Labute approximate surface area is 168 Å². The fraction of sp³-hybridized carbons (Fsp3) is 0.263. The molecule has 0 spiro atoms. The standard InChI is InChI=1S/C19H18N4O5S/c1-8-14-17(26)22-16(23-19(14)29-15(8)9(2)24)18(27)20-6-10-3-4-12-11(5-10)21-13(25)7-28-12/h3-5,9,24H,6-7H2,1-2H3,(H,20,27)(H,21,25)(H,22,23,26). The molecule has 9 nitrogen and oxygen atoms in total. The van der Waals surface area contributed by atoms with Gasteiger partial charge in [0.1, 0.15) is 10.6 Å². The molecule has 0 radical (unpaired) electrons. The Hall–Kier alpha value is -3.24. The van der Waals surface area contributed by atoms with Gasteiger partial charge in [0, 0.05) is 11.4 Å². The number of aliphatic hydroxyl groups is 1. The summed E-state index contributed by atoms with van der Waals surface area (Å²) in [5.74, 6) is -0.308. The zero-order valence-corrected chi connectivity index (χ0v) is 16.5. The molecule has 0 saturated carbocycles. The van der Waals surface area contributed by atoms with E-state index in [1.165, 1.54) is 11.3 Å². The fourth-order valence-electron chi connectivity index (χ4n) is 3.17. The highest BCUT2D eigenvalue weighted by Crippen LogP contribution is 2.31.